The first-order chi connectivity index (χ1) is 12.1. The van der Waals surface area contributed by atoms with Crippen LogP contribution in [-0.2, 0) is 16.1 Å². The predicted octanol–water partition coefficient (Wildman–Crippen LogP) is 1.87. The Morgan fingerprint density at radius 1 is 1.36 bits per heavy atom. The number of amides is 1. The zero-order chi connectivity index (χ0) is 18.2. The quantitative estimate of drug-likeness (QED) is 0.605. The van der Waals surface area contributed by atoms with Crippen molar-refractivity contribution in [1.29, 1.82) is 5.26 Å². The second-order valence-corrected chi connectivity index (χ2v) is 6.36. The molecular weight excluding hydrogens is 316 g/mol. The summed E-state index contributed by atoms with van der Waals surface area (Å²) in [5.74, 6) is -0.309. The van der Waals surface area contributed by atoms with Crippen LogP contribution in [0, 0.1) is 25.2 Å². The van der Waals surface area contributed by atoms with Gasteiger partial charge in [-0.15, -0.1) is 0 Å². The monoisotopic (exact) mass is 344 g/mol. The summed E-state index contributed by atoms with van der Waals surface area (Å²) in [6.45, 7) is 11.7. The molecule has 0 aliphatic carbocycles. The van der Waals surface area contributed by atoms with Gasteiger partial charge >= 0.3 is 0 Å². The third-order valence-electron chi connectivity index (χ3n) is 4.54. The van der Waals surface area contributed by atoms with Crippen molar-refractivity contribution in [1.82, 2.24) is 14.8 Å². The number of hydrogen-bond acceptors (Lipinski definition) is 4. The van der Waals surface area contributed by atoms with Crippen molar-refractivity contribution in [3.8, 4) is 6.07 Å². The Morgan fingerprint density at radius 2 is 2.08 bits per heavy atom. The molecule has 136 valence electrons. The maximum atomic E-state index is 12.3. The van der Waals surface area contributed by atoms with Gasteiger partial charge in [0.25, 0.3) is 5.91 Å². The number of hydrogen-bond donors (Lipinski definition) is 1. The van der Waals surface area contributed by atoms with Crippen molar-refractivity contribution in [2.45, 2.75) is 33.7 Å². The molecule has 25 heavy (non-hydrogen) atoms. The predicted molar refractivity (Wildman–Crippen MR) is 98.1 cm³/mol. The number of rotatable bonds is 7. The molecule has 1 aromatic rings. The van der Waals surface area contributed by atoms with Gasteiger partial charge in [0.15, 0.2) is 0 Å². The van der Waals surface area contributed by atoms with Gasteiger partial charge in [0.05, 0.1) is 13.2 Å². The molecule has 0 unspecified atom stereocenters. The van der Waals surface area contributed by atoms with E-state index in [1.54, 1.807) is 6.08 Å². The van der Waals surface area contributed by atoms with Crippen LogP contribution in [-0.4, -0.2) is 54.8 Å². The smallest absolute Gasteiger partial charge is 0.261 e. The van der Waals surface area contributed by atoms with Gasteiger partial charge in [-0.2, -0.15) is 5.26 Å². The molecule has 0 bridgehead atoms. The summed E-state index contributed by atoms with van der Waals surface area (Å²) in [5.41, 5.74) is 3.33. The number of aryl methyl sites for hydroxylation is 1. The van der Waals surface area contributed by atoms with Crippen molar-refractivity contribution >= 4 is 12.0 Å². The zero-order valence-corrected chi connectivity index (χ0v) is 15.5. The molecule has 1 amide bonds. The first-order valence-corrected chi connectivity index (χ1v) is 8.93. The number of carbonyl (C=O) groups is 1. The third-order valence-corrected chi connectivity index (χ3v) is 4.54. The minimum Gasteiger partial charge on any atom is -0.379 e. The van der Waals surface area contributed by atoms with Gasteiger partial charge in [0.2, 0.25) is 0 Å². The van der Waals surface area contributed by atoms with E-state index < -0.39 is 0 Å². The molecule has 1 saturated heterocycles. The molecule has 1 aliphatic heterocycles. The normalized spacial score (nSPS) is 15.8. The van der Waals surface area contributed by atoms with Crippen LogP contribution in [0.5, 0.6) is 0 Å². The van der Waals surface area contributed by atoms with Crippen LogP contribution in [0.1, 0.15) is 30.3 Å². The molecule has 0 spiro atoms. The van der Waals surface area contributed by atoms with E-state index in [4.69, 9.17) is 4.74 Å². The Hall–Kier alpha value is -2.10. The molecule has 0 radical (unpaired) electrons. The molecule has 2 heterocycles. The molecule has 1 aromatic heterocycles. The Kier molecular flexibility index (Phi) is 7.23. The first-order valence-electron chi connectivity index (χ1n) is 8.93. The average Bonchev–Trinajstić information content (AvgIpc) is 2.88. The number of aromatic nitrogens is 1. The lowest BCUT2D eigenvalue weighted by Crippen LogP contribution is -2.41. The highest BCUT2D eigenvalue weighted by Crippen LogP contribution is 2.18. The van der Waals surface area contributed by atoms with Crippen molar-refractivity contribution < 1.29 is 9.53 Å². The number of morpholine rings is 1. The maximum Gasteiger partial charge on any atom is 0.261 e. The van der Waals surface area contributed by atoms with Gasteiger partial charge in [0, 0.05) is 44.1 Å². The van der Waals surface area contributed by atoms with Crippen LogP contribution in [0.3, 0.4) is 0 Å². The van der Waals surface area contributed by atoms with Gasteiger partial charge < -0.3 is 14.6 Å². The lowest BCUT2D eigenvalue weighted by atomic mass is 10.1. The van der Waals surface area contributed by atoms with Gasteiger partial charge in [-0.25, -0.2) is 0 Å². The number of ether oxygens (including phenoxy) is 1. The van der Waals surface area contributed by atoms with Crippen molar-refractivity contribution in [2.24, 2.45) is 0 Å². The van der Waals surface area contributed by atoms with Crippen molar-refractivity contribution in [2.75, 3.05) is 39.4 Å². The molecule has 0 saturated carbocycles. The second-order valence-electron chi connectivity index (χ2n) is 6.36. The molecule has 0 atom stereocenters. The Morgan fingerprint density at radius 3 is 2.72 bits per heavy atom. The molecule has 1 N–H and O–H groups in total. The van der Waals surface area contributed by atoms with E-state index in [1.807, 2.05) is 19.1 Å². The minimum absolute atomic E-state index is 0.152. The second kappa shape index (κ2) is 9.40. The number of nitriles is 1. The fraction of sp³-hybridized carbons (Fsp3) is 0.579. The highest BCUT2D eigenvalue weighted by Gasteiger charge is 2.14. The van der Waals surface area contributed by atoms with E-state index in [1.165, 1.54) is 0 Å². The molecule has 1 fully saturated rings. The summed E-state index contributed by atoms with van der Waals surface area (Å²) in [4.78, 5) is 14.5. The molecular formula is C19H28N4O2. The third kappa shape index (κ3) is 5.18. The first kappa shape index (κ1) is 19.2. The van der Waals surface area contributed by atoms with E-state index in [9.17, 15) is 10.1 Å². The van der Waals surface area contributed by atoms with Crippen molar-refractivity contribution in [3.05, 3.63) is 28.6 Å². The SMILES string of the molecule is CCCn1c(C)cc(/C=C(/C#N)C(=O)NCCN2CCOCC2)c1C. The highest BCUT2D eigenvalue weighted by atomic mass is 16.5. The Balaban J connectivity index is 1.98. The fourth-order valence-corrected chi connectivity index (χ4v) is 3.09. The maximum absolute atomic E-state index is 12.3. The topological polar surface area (TPSA) is 70.3 Å². The van der Waals surface area contributed by atoms with Crippen LogP contribution in [0.4, 0.5) is 0 Å². The van der Waals surface area contributed by atoms with E-state index in [0.717, 1.165) is 62.8 Å². The lowest BCUT2D eigenvalue weighted by molar-refractivity contribution is -0.117. The summed E-state index contributed by atoms with van der Waals surface area (Å²) >= 11 is 0. The number of carbonyl (C=O) groups excluding carboxylic acids is 1. The number of nitrogens with one attached hydrogen (secondary N) is 1. The van der Waals surface area contributed by atoms with Crippen LogP contribution in [0.15, 0.2) is 11.6 Å². The van der Waals surface area contributed by atoms with Gasteiger partial charge in [-0.1, -0.05) is 6.92 Å². The average molecular weight is 344 g/mol. The van der Waals surface area contributed by atoms with Crippen LogP contribution in [0.2, 0.25) is 0 Å². The van der Waals surface area contributed by atoms with E-state index in [0.29, 0.717) is 6.54 Å². The summed E-state index contributed by atoms with van der Waals surface area (Å²) in [7, 11) is 0. The fourth-order valence-electron chi connectivity index (χ4n) is 3.09. The van der Waals surface area contributed by atoms with Gasteiger partial charge in [0.1, 0.15) is 11.6 Å². The van der Waals surface area contributed by atoms with Crippen molar-refractivity contribution in [3.63, 3.8) is 0 Å². The molecule has 1 aliphatic rings. The Bertz CT molecular complexity index is 664. The largest absolute Gasteiger partial charge is 0.379 e. The van der Waals surface area contributed by atoms with Gasteiger partial charge in [-0.3, -0.25) is 9.69 Å². The van der Waals surface area contributed by atoms with Crippen LogP contribution >= 0.6 is 0 Å². The zero-order valence-electron chi connectivity index (χ0n) is 15.5. The summed E-state index contributed by atoms with van der Waals surface area (Å²) in [6, 6.07) is 4.06. The standard InChI is InChI=1S/C19H28N4O2/c1-4-6-23-15(2)12-17(16(23)3)13-18(14-20)19(24)21-5-7-22-8-10-25-11-9-22/h12-13H,4-11H2,1-3H3,(H,21,24)/b18-13-. The summed E-state index contributed by atoms with van der Waals surface area (Å²) in [5, 5.41) is 12.2. The minimum atomic E-state index is -0.309. The van der Waals surface area contributed by atoms with E-state index >= 15 is 0 Å². The summed E-state index contributed by atoms with van der Waals surface area (Å²) < 4.78 is 7.53. The number of nitrogens with zero attached hydrogens (tertiary/aromatic N) is 3. The van der Waals surface area contributed by atoms with E-state index in [-0.39, 0.29) is 11.5 Å². The van der Waals surface area contributed by atoms with Crippen LogP contribution < -0.4 is 5.32 Å². The summed E-state index contributed by atoms with van der Waals surface area (Å²) in [6.07, 6.45) is 2.74. The molecule has 0 aromatic carbocycles. The van der Waals surface area contributed by atoms with Gasteiger partial charge in [-0.05, 0) is 38.0 Å². The molecule has 6 nitrogen and oxygen atoms in total. The molecule has 6 heteroatoms. The Labute approximate surface area is 150 Å². The molecule has 2 rings (SSSR count). The highest BCUT2D eigenvalue weighted by molar-refractivity contribution is 6.01. The van der Waals surface area contributed by atoms with E-state index in [2.05, 4.69) is 28.6 Å². The lowest BCUT2D eigenvalue weighted by Gasteiger charge is -2.26. The van der Waals surface area contributed by atoms with Crippen LogP contribution in [0.25, 0.3) is 6.08 Å².